The van der Waals surface area contributed by atoms with Crippen molar-refractivity contribution in [3.8, 4) is 11.5 Å². The van der Waals surface area contributed by atoms with Gasteiger partial charge in [-0.2, -0.15) is 5.10 Å². The van der Waals surface area contributed by atoms with Crippen molar-refractivity contribution in [3.63, 3.8) is 0 Å². The molecule has 0 saturated heterocycles. The third kappa shape index (κ3) is 5.79. The highest BCUT2D eigenvalue weighted by molar-refractivity contribution is 6.32. The van der Waals surface area contributed by atoms with E-state index in [1.807, 2.05) is 49.4 Å². The van der Waals surface area contributed by atoms with Gasteiger partial charge in [0.25, 0.3) is 11.6 Å². The molecule has 4 rings (SSSR count). The smallest absolute Gasteiger partial charge is 0.271 e. The van der Waals surface area contributed by atoms with Crippen LogP contribution >= 0.6 is 11.6 Å². The Labute approximate surface area is 212 Å². The van der Waals surface area contributed by atoms with Crippen molar-refractivity contribution in [2.75, 3.05) is 6.61 Å². The number of amides is 1. The van der Waals surface area contributed by atoms with E-state index >= 15 is 0 Å². The molecule has 0 bridgehead atoms. The van der Waals surface area contributed by atoms with Crippen molar-refractivity contribution in [1.82, 2.24) is 5.43 Å². The first-order valence-electron chi connectivity index (χ1n) is 11.1. The van der Waals surface area contributed by atoms with E-state index in [4.69, 9.17) is 21.1 Å². The van der Waals surface area contributed by atoms with Crippen LogP contribution in [0.1, 0.15) is 28.4 Å². The minimum atomic E-state index is -0.582. The first kappa shape index (κ1) is 24.7. The molecule has 0 saturated carbocycles. The quantitative estimate of drug-likeness (QED) is 0.168. The van der Waals surface area contributed by atoms with Crippen molar-refractivity contribution >= 4 is 40.2 Å². The van der Waals surface area contributed by atoms with E-state index in [0.29, 0.717) is 35.3 Å². The molecule has 4 aromatic rings. The average Bonchev–Trinajstić information content (AvgIpc) is 2.88. The highest BCUT2D eigenvalue weighted by Gasteiger charge is 2.14. The Hall–Kier alpha value is -4.43. The van der Waals surface area contributed by atoms with Crippen molar-refractivity contribution in [3.05, 3.63) is 111 Å². The topological polar surface area (TPSA) is 103 Å². The van der Waals surface area contributed by atoms with Gasteiger partial charge in [-0.05, 0) is 47.0 Å². The van der Waals surface area contributed by atoms with Crippen LogP contribution < -0.4 is 14.9 Å². The Kier molecular flexibility index (Phi) is 7.77. The zero-order valence-corrected chi connectivity index (χ0v) is 20.1. The predicted octanol–water partition coefficient (Wildman–Crippen LogP) is 6.14. The largest absolute Gasteiger partial charge is 0.490 e. The Morgan fingerprint density at radius 3 is 2.64 bits per heavy atom. The molecule has 0 aliphatic carbocycles. The van der Waals surface area contributed by atoms with E-state index in [9.17, 15) is 14.9 Å². The molecule has 0 radical (unpaired) electrons. The van der Waals surface area contributed by atoms with Gasteiger partial charge in [0.1, 0.15) is 6.61 Å². The molecule has 8 nitrogen and oxygen atoms in total. The summed E-state index contributed by atoms with van der Waals surface area (Å²) in [6, 6.07) is 22.8. The number of ether oxygens (including phenoxy) is 2. The second-order valence-corrected chi connectivity index (χ2v) is 8.10. The monoisotopic (exact) mass is 503 g/mol. The fourth-order valence-corrected chi connectivity index (χ4v) is 3.90. The molecule has 1 N–H and O–H groups in total. The van der Waals surface area contributed by atoms with E-state index < -0.39 is 10.8 Å². The Morgan fingerprint density at radius 2 is 1.83 bits per heavy atom. The summed E-state index contributed by atoms with van der Waals surface area (Å²) in [6.45, 7) is 2.54. The van der Waals surface area contributed by atoms with Gasteiger partial charge in [-0.3, -0.25) is 14.9 Å². The fraction of sp³-hybridized carbons (Fsp3) is 0.111. The maximum atomic E-state index is 12.3. The molecule has 0 atom stereocenters. The minimum absolute atomic E-state index is 0.117. The maximum Gasteiger partial charge on any atom is 0.271 e. The molecule has 0 fully saturated rings. The molecule has 0 spiro atoms. The van der Waals surface area contributed by atoms with Gasteiger partial charge in [-0.25, -0.2) is 5.43 Å². The van der Waals surface area contributed by atoms with Crippen LogP contribution in [0, 0.1) is 10.1 Å². The zero-order chi connectivity index (χ0) is 25.5. The number of non-ortho nitro benzene ring substituents is 1. The normalized spacial score (nSPS) is 10.9. The van der Waals surface area contributed by atoms with Gasteiger partial charge in [0.05, 0.1) is 22.8 Å². The highest BCUT2D eigenvalue weighted by Crippen LogP contribution is 2.37. The van der Waals surface area contributed by atoms with Crippen molar-refractivity contribution in [2.24, 2.45) is 5.10 Å². The first-order valence-corrected chi connectivity index (χ1v) is 11.5. The van der Waals surface area contributed by atoms with E-state index in [2.05, 4.69) is 10.5 Å². The van der Waals surface area contributed by atoms with Crippen LogP contribution in [0.15, 0.2) is 84.0 Å². The van der Waals surface area contributed by atoms with Crippen molar-refractivity contribution in [1.29, 1.82) is 0 Å². The number of nitro benzene ring substituents is 1. The van der Waals surface area contributed by atoms with Crippen LogP contribution in [0.25, 0.3) is 10.8 Å². The molecule has 0 aliphatic heterocycles. The molecule has 1 amide bonds. The lowest BCUT2D eigenvalue weighted by Crippen LogP contribution is -2.17. The number of halogens is 1. The summed E-state index contributed by atoms with van der Waals surface area (Å²) in [5.74, 6) is 0.266. The number of nitrogens with one attached hydrogen (secondary N) is 1. The van der Waals surface area contributed by atoms with Crippen LogP contribution in [-0.4, -0.2) is 23.7 Å². The summed E-state index contributed by atoms with van der Waals surface area (Å²) in [6.07, 6.45) is 1.40. The summed E-state index contributed by atoms with van der Waals surface area (Å²) in [5.41, 5.74) is 3.88. The van der Waals surface area contributed by atoms with Gasteiger partial charge in [0, 0.05) is 17.7 Å². The van der Waals surface area contributed by atoms with Crippen LogP contribution in [0.5, 0.6) is 11.5 Å². The molecular weight excluding hydrogens is 482 g/mol. The lowest BCUT2D eigenvalue weighted by molar-refractivity contribution is -0.384. The van der Waals surface area contributed by atoms with Gasteiger partial charge in [-0.15, -0.1) is 0 Å². The maximum absolute atomic E-state index is 12.3. The average molecular weight is 504 g/mol. The van der Waals surface area contributed by atoms with E-state index in [-0.39, 0.29) is 11.3 Å². The van der Waals surface area contributed by atoms with Crippen molar-refractivity contribution in [2.45, 2.75) is 13.5 Å². The highest BCUT2D eigenvalue weighted by atomic mass is 35.5. The van der Waals surface area contributed by atoms with E-state index in [0.717, 1.165) is 16.3 Å². The van der Waals surface area contributed by atoms with Crippen LogP contribution in [-0.2, 0) is 6.61 Å². The second-order valence-electron chi connectivity index (χ2n) is 7.70. The van der Waals surface area contributed by atoms with Gasteiger partial charge in [0.2, 0.25) is 0 Å². The van der Waals surface area contributed by atoms with Gasteiger partial charge >= 0.3 is 0 Å². The number of carbonyl (C=O) groups is 1. The summed E-state index contributed by atoms with van der Waals surface area (Å²) in [5, 5.41) is 17.4. The number of hydrogen-bond acceptors (Lipinski definition) is 6. The van der Waals surface area contributed by atoms with Crippen LogP contribution in [0.2, 0.25) is 5.02 Å². The molecule has 182 valence electrons. The summed E-state index contributed by atoms with van der Waals surface area (Å²) < 4.78 is 11.8. The molecule has 0 unspecified atom stereocenters. The number of nitro groups is 1. The molecule has 0 heterocycles. The Bertz CT molecular complexity index is 1450. The van der Waals surface area contributed by atoms with E-state index in [1.165, 1.54) is 30.5 Å². The fourth-order valence-electron chi connectivity index (χ4n) is 3.62. The Morgan fingerprint density at radius 1 is 1.06 bits per heavy atom. The lowest BCUT2D eigenvalue weighted by Gasteiger charge is -2.15. The predicted molar refractivity (Wildman–Crippen MR) is 139 cm³/mol. The molecule has 36 heavy (non-hydrogen) atoms. The lowest BCUT2D eigenvalue weighted by atomic mass is 10.1. The summed E-state index contributed by atoms with van der Waals surface area (Å²) in [7, 11) is 0. The number of benzene rings is 4. The third-order valence-corrected chi connectivity index (χ3v) is 5.56. The molecule has 0 aliphatic rings. The number of carbonyl (C=O) groups excluding carboxylic acids is 1. The standard InChI is InChI=1S/C27H22ClN3O5/c1-2-35-25-14-18(16-29-30-27(32)20-9-6-11-22(15-20)31(33)34)13-24(28)26(25)36-17-21-10-5-8-19-7-3-4-12-23(19)21/h3-16H,2,17H2,1H3,(H,30,32)/b29-16-. The number of hydrazone groups is 1. The molecule has 4 aromatic carbocycles. The zero-order valence-electron chi connectivity index (χ0n) is 19.3. The van der Waals surface area contributed by atoms with Gasteiger partial charge in [-0.1, -0.05) is 60.1 Å². The third-order valence-electron chi connectivity index (χ3n) is 5.28. The number of fused-ring (bicyclic) bond motifs is 1. The Balaban J connectivity index is 1.50. The van der Waals surface area contributed by atoms with Crippen molar-refractivity contribution < 1.29 is 19.2 Å². The van der Waals surface area contributed by atoms with Crippen LogP contribution in [0.3, 0.4) is 0 Å². The first-order chi connectivity index (χ1) is 17.5. The SMILES string of the molecule is CCOc1cc(/C=N\NC(=O)c2cccc([N+](=O)[O-])c2)cc(Cl)c1OCc1cccc2ccccc12. The second kappa shape index (κ2) is 11.3. The number of nitrogens with zero attached hydrogens (tertiary/aromatic N) is 2. The summed E-state index contributed by atoms with van der Waals surface area (Å²) in [4.78, 5) is 22.6. The number of hydrogen-bond donors (Lipinski definition) is 1. The summed E-state index contributed by atoms with van der Waals surface area (Å²) >= 11 is 6.52. The van der Waals surface area contributed by atoms with Crippen LogP contribution in [0.4, 0.5) is 5.69 Å². The number of rotatable bonds is 9. The molecule has 9 heteroatoms. The molecule has 0 aromatic heterocycles. The molecular formula is C27H22ClN3O5. The van der Waals surface area contributed by atoms with Gasteiger partial charge < -0.3 is 9.47 Å². The van der Waals surface area contributed by atoms with E-state index in [1.54, 1.807) is 12.1 Å². The van der Waals surface area contributed by atoms with Gasteiger partial charge in [0.15, 0.2) is 11.5 Å². The minimum Gasteiger partial charge on any atom is -0.490 e.